The number of imidazole rings is 2. The van der Waals surface area contributed by atoms with Crippen LogP contribution in [0.5, 0.6) is 5.75 Å². The van der Waals surface area contributed by atoms with E-state index < -0.39 is 48.8 Å². The lowest BCUT2D eigenvalue weighted by atomic mass is 10.0. The maximum absolute atomic E-state index is 16.8. The first-order chi connectivity index (χ1) is 32.6. The molecule has 2 unspecified atom stereocenters. The molecular weight excluding hydrogens is 904 g/mol. The second kappa shape index (κ2) is 18.7. The average Bonchev–Trinajstić information content (AvgIpc) is 4.18. The molecule has 20 heteroatoms. The van der Waals surface area contributed by atoms with Gasteiger partial charge in [0.15, 0.2) is 0 Å². The number of alkyl halides is 2. The minimum Gasteiger partial charge on any atom is -0.464 e. The van der Waals surface area contributed by atoms with E-state index in [0.717, 1.165) is 28.7 Å². The number of carbonyl (C=O) groups excluding carboxylic acids is 4. The van der Waals surface area contributed by atoms with Crippen LogP contribution in [-0.4, -0.2) is 97.7 Å². The number of methoxy groups -OCH3 is 2. The monoisotopic (exact) mass is 955 g/mol. The molecule has 16 nitrogen and oxygen atoms in total. The zero-order valence-electron chi connectivity index (χ0n) is 38.3. The molecule has 6 aromatic rings. The summed E-state index contributed by atoms with van der Waals surface area (Å²) in [4.78, 5) is 71.6. The van der Waals surface area contributed by atoms with Gasteiger partial charge in [0.2, 0.25) is 18.0 Å². The minimum absolute atomic E-state index is 0.128. The number of hydrogen-bond acceptors (Lipinski definition) is 10. The highest BCUT2D eigenvalue weighted by Crippen LogP contribution is 2.49. The molecule has 4 amide bonds. The van der Waals surface area contributed by atoms with Crippen LogP contribution in [0, 0.1) is 17.7 Å². The number of benzene rings is 2. The Morgan fingerprint density at radius 3 is 1.88 bits per heavy atom. The van der Waals surface area contributed by atoms with E-state index in [2.05, 4.69) is 25.6 Å². The van der Waals surface area contributed by atoms with Gasteiger partial charge in [0.05, 0.1) is 76.6 Å². The molecule has 68 heavy (non-hydrogen) atoms. The topological polar surface area (TPSA) is 189 Å². The van der Waals surface area contributed by atoms with Gasteiger partial charge < -0.3 is 44.6 Å². The number of aromatic nitrogens is 5. The number of rotatable bonds is 12. The largest absolute Gasteiger partial charge is 0.464 e. The quantitative estimate of drug-likeness (QED) is 0.0927. The van der Waals surface area contributed by atoms with Gasteiger partial charge in [-0.05, 0) is 80.0 Å². The van der Waals surface area contributed by atoms with Crippen molar-refractivity contribution < 1.29 is 46.6 Å². The van der Waals surface area contributed by atoms with E-state index in [1.807, 2.05) is 56.5 Å². The molecule has 2 aromatic carbocycles. The molecule has 3 aliphatic heterocycles. The van der Waals surface area contributed by atoms with E-state index >= 15 is 4.39 Å². The molecule has 4 aromatic heterocycles. The standard InChI is InChI=1S/C48H52F3N9O7S/c1-23(2)39(56-47(63)65-5)44(61)58-15-7-9-32(58)42-52-21-29(54-42)25-11-12-31-27(17-25)19-34-38-28(49)18-26(20-35(38)67-46(60(31)34)37-14-13-36(68-37)41(50)51)30-22-53-43(55-30)33-10-8-16-59(33)45(62)40(24(3)4)57-48(64)66-6/h11-14,17-24,32-33,39-41,46H,7-10,15-16H2,1-6H3,(H,52,54)(H,53,55)(H,56,63)(H,57,64)/t32-,33-,39-,40?,46?/m0/s1. The van der Waals surface area contributed by atoms with E-state index in [4.69, 9.17) is 19.2 Å². The number of H-pyrrole nitrogens is 2. The van der Waals surface area contributed by atoms with Crippen molar-refractivity contribution in [3.63, 3.8) is 0 Å². The predicted octanol–water partition coefficient (Wildman–Crippen LogP) is 9.25. The average molecular weight is 956 g/mol. The predicted molar refractivity (Wildman–Crippen MR) is 246 cm³/mol. The van der Waals surface area contributed by atoms with Gasteiger partial charge in [-0.15, -0.1) is 11.3 Å². The lowest BCUT2D eigenvalue weighted by Crippen LogP contribution is -2.51. The zero-order valence-corrected chi connectivity index (χ0v) is 39.1. The van der Waals surface area contributed by atoms with E-state index in [1.165, 1.54) is 26.4 Å². The number of hydrogen-bond donors (Lipinski definition) is 4. The smallest absolute Gasteiger partial charge is 0.407 e. The highest BCUT2D eigenvalue weighted by molar-refractivity contribution is 7.12. The zero-order chi connectivity index (χ0) is 48.1. The van der Waals surface area contributed by atoms with Gasteiger partial charge in [-0.1, -0.05) is 33.8 Å². The van der Waals surface area contributed by atoms with Crippen molar-refractivity contribution in [1.29, 1.82) is 0 Å². The summed E-state index contributed by atoms with van der Waals surface area (Å²) < 4.78 is 62.8. The number of nitrogens with one attached hydrogen (secondary N) is 4. The first-order valence-electron chi connectivity index (χ1n) is 22.6. The van der Waals surface area contributed by atoms with E-state index in [-0.39, 0.29) is 45.9 Å². The van der Waals surface area contributed by atoms with Gasteiger partial charge in [-0.25, -0.2) is 32.7 Å². The molecule has 0 bridgehead atoms. The van der Waals surface area contributed by atoms with Gasteiger partial charge in [0.1, 0.15) is 35.3 Å². The minimum atomic E-state index is -2.69. The number of nitrogens with zero attached hydrogens (tertiary/aromatic N) is 5. The number of ether oxygens (including phenoxy) is 3. The number of carbonyl (C=O) groups is 4. The molecule has 2 fully saturated rings. The van der Waals surface area contributed by atoms with Crippen molar-refractivity contribution in [2.24, 2.45) is 11.8 Å². The van der Waals surface area contributed by atoms with Gasteiger partial charge >= 0.3 is 12.2 Å². The van der Waals surface area contributed by atoms with Crippen LogP contribution in [0.1, 0.15) is 99.5 Å². The number of thiophene rings is 1. The van der Waals surface area contributed by atoms with Crippen LogP contribution in [0.2, 0.25) is 0 Å². The first-order valence-corrected chi connectivity index (χ1v) is 23.4. The van der Waals surface area contributed by atoms with Crippen molar-refractivity contribution in [3.8, 4) is 39.5 Å². The molecule has 358 valence electrons. The molecule has 3 aliphatic rings. The molecular formula is C48H52F3N9O7S. The highest BCUT2D eigenvalue weighted by atomic mass is 32.1. The molecule has 7 heterocycles. The molecule has 0 spiro atoms. The summed E-state index contributed by atoms with van der Waals surface area (Å²) >= 11 is 0.918. The Bertz CT molecular complexity index is 2890. The van der Waals surface area contributed by atoms with Crippen LogP contribution in [0.25, 0.3) is 44.7 Å². The van der Waals surface area contributed by atoms with Gasteiger partial charge in [-0.2, -0.15) is 0 Å². The second-order valence-corrected chi connectivity index (χ2v) is 19.1. The third-order valence-electron chi connectivity index (χ3n) is 13.0. The van der Waals surface area contributed by atoms with Crippen molar-refractivity contribution in [2.75, 3.05) is 27.3 Å². The van der Waals surface area contributed by atoms with Crippen molar-refractivity contribution in [2.45, 2.75) is 90.2 Å². The third-order valence-corrected chi connectivity index (χ3v) is 14.2. The maximum Gasteiger partial charge on any atom is 0.407 e. The van der Waals surface area contributed by atoms with Crippen molar-refractivity contribution >= 4 is 46.2 Å². The fraction of sp³-hybridized carbons (Fsp3) is 0.417. The molecule has 9 rings (SSSR count). The number of amides is 4. The fourth-order valence-electron chi connectivity index (χ4n) is 9.60. The molecule has 0 saturated carbocycles. The second-order valence-electron chi connectivity index (χ2n) is 18.0. The lowest BCUT2D eigenvalue weighted by Gasteiger charge is -2.30. The number of aromatic amines is 2. The molecule has 0 radical (unpaired) electrons. The van der Waals surface area contributed by atoms with Gasteiger partial charge in [0, 0.05) is 29.6 Å². The van der Waals surface area contributed by atoms with Crippen LogP contribution in [0.15, 0.2) is 60.9 Å². The molecule has 4 N–H and O–H groups in total. The first kappa shape index (κ1) is 46.3. The molecule has 0 aliphatic carbocycles. The van der Waals surface area contributed by atoms with Crippen LogP contribution >= 0.6 is 11.3 Å². The van der Waals surface area contributed by atoms with E-state index in [9.17, 15) is 28.0 Å². The maximum atomic E-state index is 16.8. The Balaban J connectivity index is 1.03. The number of alkyl carbamates (subject to hydrolysis) is 2. The number of likely N-dealkylation sites (tertiary alicyclic amines) is 2. The van der Waals surface area contributed by atoms with Crippen LogP contribution in [-0.2, 0) is 19.1 Å². The SMILES string of the molecule is COC(=O)NC(C(=O)N1CCC[C@H]1c1ncc(-c2cc(F)c3c(c2)OC(c2ccc(C(F)F)s2)n2c-3cc3cc(-c4cnc([C@@H]5CCCN5C(=O)[C@@H](NC(=O)OC)C(C)C)[nH]4)ccc32)[nH]1)C(C)C. The summed E-state index contributed by atoms with van der Waals surface area (Å²) in [5.41, 5.74) is 3.70. The Kier molecular flexibility index (Phi) is 12.7. The van der Waals surface area contributed by atoms with Crippen molar-refractivity contribution in [3.05, 3.63) is 88.1 Å². The summed E-state index contributed by atoms with van der Waals surface area (Å²) in [6.45, 7) is 8.35. The summed E-state index contributed by atoms with van der Waals surface area (Å²) in [5, 5.41) is 6.05. The van der Waals surface area contributed by atoms with E-state index in [0.29, 0.717) is 77.0 Å². The van der Waals surface area contributed by atoms with Gasteiger partial charge in [0.25, 0.3) is 6.43 Å². The van der Waals surface area contributed by atoms with Crippen LogP contribution < -0.4 is 15.4 Å². The van der Waals surface area contributed by atoms with E-state index in [1.54, 1.807) is 34.3 Å². The van der Waals surface area contributed by atoms with Gasteiger partial charge in [-0.3, -0.25) is 14.2 Å². The third kappa shape index (κ3) is 8.53. The highest BCUT2D eigenvalue weighted by Gasteiger charge is 2.40. The summed E-state index contributed by atoms with van der Waals surface area (Å²) in [6.07, 6.45) is 1.04. The Labute approximate surface area is 393 Å². The Hall–Kier alpha value is -6.83. The van der Waals surface area contributed by atoms with Crippen LogP contribution in [0.4, 0.5) is 22.8 Å². The van der Waals surface area contributed by atoms with Crippen LogP contribution in [0.3, 0.4) is 0 Å². The number of halogens is 3. The Morgan fingerprint density at radius 1 is 0.779 bits per heavy atom. The summed E-state index contributed by atoms with van der Waals surface area (Å²) in [5.74, 6) is -0.166. The lowest BCUT2D eigenvalue weighted by molar-refractivity contribution is -0.136. The summed E-state index contributed by atoms with van der Waals surface area (Å²) in [6, 6.07) is 11.3. The van der Waals surface area contributed by atoms with Crippen molar-refractivity contribution in [1.82, 2.24) is 44.9 Å². The normalized spacial score (nSPS) is 18.7. The fourth-order valence-corrected chi connectivity index (χ4v) is 10.5. The number of fused-ring (bicyclic) bond motifs is 5. The summed E-state index contributed by atoms with van der Waals surface area (Å²) in [7, 11) is 2.49. The molecule has 5 atom stereocenters. The molecule has 2 saturated heterocycles. The Morgan fingerprint density at radius 2 is 1.35 bits per heavy atom.